The molecule has 0 radical (unpaired) electrons. The van der Waals surface area contributed by atoms with E-state index in [2.05, 4.69) is 19.0 Å². The van der Waals surface area contributed by atoms with Crippen molar-refractivity contribution in [1.29, 1.82) is 0 Å². The first kappa shape index (κ1) is 13.8. The van der Waals surface area contributed by atoms with Crippen molar-refractivity contribution < 1.29 is 14.4 Å². The lowest BCUT2D eigenvalue weighted by molar-refractivity contribution is 0.186. The lowest BCUT2D eigenvalue weighted by atomic mass is 9.92. The van der Waals surface area contributed by atoms with Crippen LogP contribution >= 0.6 is 0 Å². The first-order chi connectivity index (χ1) is 9.93. The summed E-state index contributed by atoms with van der Waals surface area (Å²) in [6.45, 7) is 4.48. The smallest absolute Gasteiger partial charge is 0.222 e. The summed E-state index contributed by atoms with van der Waals surface area (Å²) in [5.74, 6) is 0.884. The van der Waals surface area contributed by atoms with E-state index in [0.29, 0.717) is 16.9 Å². The van der Waals surface area contributed by atoms with Crippen LogP contribution in [0.5, 0.6) is 11.5 Å². The minimum atomic E-state index is 0.139. The second kappa shape index (κ2) is 4.98. The van der Waals surface area contributed by atoms with E-state index in [0.717, 1.165) is 24.8 Å². The molecule has 5 nitrogen and oxygen atoms in total. The van der Waals surface area contributed by atoms with Gasteiger partial charge < -0.3 is 20.1 Å². The van der Waals surface area contributed by atoms with E-state index in [-0.39, 0.29) is 17.7 Å². The van der Waals surface area contributed by atoms with Crippen LogP contribution in [0, 0.1) is 5.41 Å². The molecule has 0 saturated heterocycles. The number of nitrogen functional groups attached to an aromatic ring is 1. The van der Waals surface area contributed by atoms with Gasteiger partial charge in [-0.2, -0.15) is 0 Å². The summed E-state index contributed by atoms with van der Waals surface area (Å²) in [6.07, 6.45) is 3.28. The summed E-state index contributed by atoms with van der Waals surface area (Å²) in [5.41, 5.74) is 7.27. The van der Waals surface area contributed by atoms with Gasteiger partial charge in [-0.25, -0.2) is 0 Å². The van der Waals surface area contributed by atoms with Crippen LogP contribution in [-0.4, -0.2) is 16.4 Å². The molecule has 1 aliphatic rings. The van der Waals surface area contributed by atoms with E-state index in [9.17, 15) is 5.11 Å². The van der Waals surface area contributed by atoms with Crippen molar-refractivity contribution in [3.63, 3.8) is 0 Å². The monoisotopic (exact) mass is 288 g/mol. The molecule has 5 heteroatoms. The lowest BCUT2D eigenvalue weighted by Crippen LogP contribution is -2.14. The summed E-state index contributed by atoms with van der Waals surface area (Å²) in [7, 11) is 0. The standard InChI is InChI=1S/C16H20N2O3/c1-16(2)6-5-11(9-16)20-14-7-10(3-4-13(14)19)12-8-15(17)21-18-12/h3-4,7-8,11,19H,5-6,9,17H2,1-2H3. The topological polar surface area (TPSA) is 81.5 Å². The molecular formula is C16H20N2O3. The summed E-state index contributed by atoms with van der Waals surface area (Å²) in [4.78, 5) is 0. The van der Waals surface area contributed by atoms with Crippen LogP contribution in [-0.2, 0) is 0 Å². The number of aromatic nitrogens is 1. The number of phenolic OH excluding ortho intramolecular Hbond substituents is 1. The molecule has 1 aliphatic carbocycles. The minimum absolute atomic E-state index is 0.139. The maximum absolute atomic E-state index is 9.98. The minimum Gasteiger partial charge on any atom is -0.504 e. The number of anilines is 1. The van der Waals surface area contributed by atoms with Crippen molar-refractivity contribution in [1.82, 2.24) is 5.16 Å². The van der Waals surface area contributed by atoms with Crippen molar-refractivity contribution in [2.24, 2.45) is 5.41 Å². The third-order valence-electron chi connectivity index (χ3n) is 4.00. The Morgan fingerprint density at radius 3 is 2.81 bits per heavy atom. The quantitative estimate of drug-likeness (QED) is 0.902. The van der Waals surface area contributed by atoms with Gasteiger partial charge in [0.25, 0.3) is 0 Å². The highest BCUT2D eigenvalue weighted by Gasteiger charge is 2.32. The molecule has 2 aromatic rings. The lowest BCUT2D eigenvalue weighted by Gasteiger charge is -2.18. The molecule has 1 saturated carbocycles. The molecule has 1 unspecified atom stereocenters. The van der Waals surface area contributed by atoms with Crippen LogP contribution in [0.4, 0.5) is 5.88 Å². The molecule has 0 amide bonds. The van der Waals surface area contributed by atoms with Crippen molar-refractivity contribution in [3.05, 3.63) is 24.3 Å². The number of nitrogens with two attached hydrogens (primary N) is 1. The van der Waals surface area contributed by atoms with Crippen molar-refractivity contribution in [3.8, 4) is 22.8 Å². The van der Waals surface area contributed by atoms with Gasteiger partial charge in [-0.1, -0.05) is 19.0 Å². The van der Waals surface area contributed by atoms with Crippen molar-refractivity contribution in [2.45, 2.75) is 39.2 Å². The van der Waals surface area contributed by atoms with Gasteiger partial charge in [0.15, 0.2) is 11.5 Å². The highest BCUT2D eigenvalue weighted by atomic mass is 16.5. The van der Waals surface area contributed by atoms with E-state index >= 15 is 0 Å². The van der Waals surface area contributed by atoms with Crippen LogP contribution in [0.3, 0.4) is 0 Å². The molecular weight excluding hydrogens is 268 g/mol. The Kier molecular flexibility index (Phi) is 3.27. The van der Waals surface area contributed by atoms with E-state index in [1.165, 1.54) is 0 Å². The molecule has 1 aromatic carbocycles. The summed E-state index contributed by atoms with van der Waals surface area (Å²) in [6, 6.07) is 6.79. The molecule has 1 aromatic heterocycles. The Morgan fingerprint density at radius 1 is 1.38 bits per heavy atom. The molecule has 21 heavy (non-hydrogen) atoms. The molecule has 112 valence electrons. The van der Waals surface area contributed by atoms with Crippen LogP contribution in [0.15, 0.2) is 28.8 Å². The van der Waals surface area contributed by atoms with Gasteiger partial charge in [-0.05, 0) is 42.9 Å². The maximum atomic E-state index is 9.98. The number of aromatic hydroxyl groups is 1. The van der Waals surface area contributed by atoms with Crippen LogP contribution in [0.25, 0.3) is 11.3 Å². The predicted octanol–water partition coefficient (Wildman–Crippen LogP) is 3.59. The highest BCUT2D eigenvalue weighted by Crippen LogP contribution is 2.41. The third-order valence-corrected chi connectivity index (χ3v) is 4.00. The predicted molar refractivity (Wildman–Crippen MR) is 80.1 cm³/mol. The fourth-order valence-corrected chi connectivity index (χ4v) is 2.85. The Hall–Kier alpha value is -2.17. The number of phenols is 1. The SMILES string of the molecule is CC1(C)CCC(Oc2cc(-c3cc(N)on3)ccc2O)C1. The summed E-state index contributed by atoms with van der Waals surface area (Å²) < 4.78 is 10.8. The molecule has 0 aliphatic heterocycles. The second-order valence-corrected chi connectivity index (χ2v) is 6.44. The fraction of sp³-hybridized carbons (Fsp3) is 0.438. The molecule has 0 bridgehead atoms. The van der Waals surface area contributed by atoms with Gasteiger partial charge in [-0.15, -0.1) is 0 Å². The number of benzene rings is 1. The van der Waals surface area contributed by atoms with E-state index in [1.807, 2.05) is 0 Å². The number of ether oxygens (including phenoxy) is 1. The van der Waals surface area contributed by atoms with Crippen molar-refractivity contribution in [2.75, 3.05) is 5.73 Å². The normalized spacial score (nSPS) is 20.6. The first-order valence-corrected chi connectivity index (χ1v) is 7.15. The Morgan fingerprint density at radius 2 is 2.19 bits per heavy atom. The van der Waals surface area contributed by atoms with Gasteiger partial charge >= 0.3 is 0 Å². The molecule has 3 N–H and O–H groups in total. The zero-order chi connectivity index (χ0) is 15.0. The van der Waals surface area contributed by atoms with E-state index < -0.39 is 0 Å². The van der Waals surface area contributed by atoms with Crippen molar-refractivity contribution >= 4 is 5.88 Å². The average molecular weight is 288 g/mol. The average Bonchev–Trinajstić information content (AvgIpc) is 2.98. The molecule has 1 fully saturated rings. The summed E-state index contributed by atoms with van der Waals surface area (Å²) in [5, 5.41) is 13.9. The Labute approximate surface area is 123 Å². The number of hydrogen-bond acceptors (Lipinski definition) is 5. The zero-order valence-corrected chi connectivity index (χ0v) is 12.3. The second-order valence-electron chi connectivity index (χ2n) is 6.44. The number of rotatable bonds is 3. The van der Waals surface area contributed by atoms with Crippen LogP contribution in [0.1, 0.15) is 33.1 Å². The van der Waals surface area contributed by atoms with Gasteiger partial charge in [0.05, 0.1) is 6.10 Å². The van der Waals surface area contributed by atoms with Gasteiger partial charge in [0, 0.05) is 11.6 Å². The van der Waals surface area contributed by atoms with Gasteiger partial charge in [-0.3, -0.25) is 0 Å². The highest BCUT2D eigenvalue weighted by molar-refractivity contribution is 5.65. The Balaban J connectivity index is 1.82. The molecule has 1 heterocycles. The van der Waals surface area contributed by atoms with Crippen LogP contribution < -0.4 is 10.5 Å². The summed E-state index contributed by atoms with van der Waals surface area (Å²) >= 11 is 0. The largest absolute Gasteiger partial charge is 0.504 e. The van der Waals surface area contributed by atoms with E-state index in [4.69, 9.17) is 15.0 Å². The van der Waals surface area contributed by atoms with Crippen LogP contribution in [0.2, 0.25) is 0 Å². The maximum Gasteiger partial charge on any atom is 0.222 e. The van der Waals surface area contributed by atoms with E-state index in [1.54, 1.807) is 24.3 Å². The molecule has 3 rings (SSSR count). The van der Waals surface area contributed by atoms with Gasteiger partial charge in [0.1, 0.15) is 5.69 Å². The Bertz CT molecular complexity index is 649. The zero-order valence-electron chi connectivity index (χ0n) is 12.3. The molecule has 0 spiro atoms. The fourth-order valence-electron chi connectivity index (χ4n) is 2.85. The first-order valence-electron chi connectivity index (χ1n) is 7.15. The van der Waals surface area contributed by atoms with Gasteiger partial charge in [0.2, 0.25) is 5.88 Å². The number of hydrogen-bond donors (Lipinski definition) is 2. The third kappa shape index (κ3) is 2.96. The number of nitrogens with zero attached hydrogens (tertiary/aromatic N) is 1. The molecule has 1 atom stereocenters.